The summed E-state index contributed by atoms with van der Waals surface area (Å²) in [6.45, 7) is 6.05. The summed E-state index contributed by atoms with van der Waals surface area (Å²) in [4.78, 5) is 0. The van der Waals surface area contributed by atoms with Crippen molar-refractivity contribution in [3.63, 3.8) is 0 Å². The van der Waals surface area contributed by atoms with Gasteiger partial charge < -0.3 is 0 Å². The monoisotopic (exact) mass is 321 g/mol. The standard InChI is InChI=1S/C14H21Cl2NOS/c1-10(9-14(2,3)19(17)18)4-5-11-6-7-12(15)13(16)8-11/h6-8,10H,4-5,9,17H2,1-3H3/t10-,19?/m1/s1. The van der Waals surface area contributed by atoms with Gasteiger partial charge in [0.1, 0.15) is 0 Å². The highest BCUT2D eigenvalue weighted by Gasteiger charge is 2.25. The zero-order valence-corrected chi connectivity index (χ0v) is 13.9. The maximum atomic E-state index is 11.4. The zero-order valence-electron chi connectivity index (χ0n) is 11.6. The first-order valence-electron chi connectivity index (χ1n) is 6.32. The Balaban J connectivity index is 2.52. The molecule has 5 heteroatoms. The molecule has 2 atom stereocenters. The van der Waals surface area contributed by atoms with Crippen molar-refractivity contribution in [2.45, 2.75) is 44.8 Å². The van der Waals surface area contributed by atoms with E-state index in [0.717, 1.165) is 19.3 Å². The van der Waals surface area contributed by atoms with Crippen LogP contribution in [0.5, 0.6) is 0 Å². The summed E-state index contributed by atoms with van der Waals surface area (Å²) in [6.07, 6.45) is 2.79. The van der Waals surface area contributed by atoms with Gasteiger partial charge >= 0.3 is 0 Å². The Kier molecular flexibility index (Phi) is 6.31. The summed E-state index contributed by atoms with van der Waals surface area (Å²) in [5.41, 5.74) is 1.17. The van der Waals surface area contributed by atoms with Gasteiger partial charge in [-0.25, -0.2) is 4.21 Å². The first-order valence-corrected chi connectivity index (χ1v) is 8.29. The number of hydrogen-bond acceptors (Lipinski definition) is 1. The molecule has 0 aliphatic heterocycles. The van der Waals surface area contributed by atoms with Gasteiger partial charge in [-0.05, 0) is 56.7 Å². The second-order valence-electron chi connectivity index (χ2n) is 5.65. The van der Waals surface area contributed by atoms with Gasteiger partial charge in [-0.15, -0.1) is 0 Å². The average Bonchev–Trinajstić information content (AvgIpc) is 2.30. The summed E-state index contributed by atoms with van der Waals surface area (Å²) in [5, 5.41) is 6.68. The van der Waals surface area contributed by atoms with Crippen LogP contribution >= 0.6 is 23.2 Å². The minimum Gasteiger partial charge on any atom is -0.251 e. The van der Waals surface area contributed by atoms with Crippen LogP contribution in [0.4, 0.5) is 0 Å². The predicted molar refractivity (Wildman–Crippen MR) is 85.0 cm³/mol. The lowest BCUT2D eigenvalue weighted by Crippen LogP contribution is -2.33. The molecule has 108 valence electrons. The molecule has 2 nitrogen and oxygen atoms in total. The van der Waals surface area contributed by atoms with Crippen molar-refractivity contribution in [1.29, 1.82) is 0 Å². The third-order valence-electron chi connectivity index (χ3n) is 3.29. The van der Waals surface area contributed by atoms with E-state index in [4.69, 9.17) is 28.3 Å². The van der Waals surface area contributed by atoms with Gasteiger partial charge in [-0.1, -0.05) is 36.2 Å². The van der Waals surface area contributed by atoms with Crippen molar-refractivity contribution in [2.24, 2.45) is 11.1 Å². The smallest absolute Gasteiger partial charge is 0.0945 e. The Morgan fingerprint density at radius 3 is 2.47 bits per heavy atom. The van der Waals surface area contributed by atoms with Crippen LogP contribution < -0.4 is 5.14 Å². The van der Waals surface area contributed by atoms with Crippen LogP contribution in [0.2, 0.25) is 10.0 Å². The first-order chi connectivity index (χ1) is 8.72. The fourth-order valence-electron chi connectivity index (χ4n) is 2.13. The zero-order chi connectivity index (χ0) is 14.6. The number of rotatable bonds is 6. The summed E-state index contributed by atoms with van der Waals surface area (Å²) in [7, 11) is -1.29. The van der Waals surface area contributed by atoms with Crippen LogP contribution in [0.25, 0.3) is 0 Å². The number of hydrogen-bond donors (Lipinski definition) is 1. The van der Waals surface area contributed by atoms with E-state index < -0.39 is 11.0 Å². The SMILES string of the molecule is C[C@H](CCc1ccc(Cl)c(Cl)c1)CC(C)(C)S(N)=O. The average molecular weight is 322 g/mol. The van der Waals surface area contributed by atoms with Crippen molar-refractivity contribution in [2.75, 3.05) is 0 Å². The number of aryl methyl sites for hydroxylation is 1. The molecule has 1 aromatic rings. The van der Waals surface area contributed by atoms with Gasteiger partial charge in [-0.2, -0.15) is 0 Å². The normalized spacial score (nSPS) is 15.3. The van der Waals surface area contributed by atoms with Gasteiger partial charge in [0, 0.05) is 0 Å². The predicted octanol–water partition coefficient (Wildman–Crippen LogP) is 4.35. The van der Waals surface area contributed by atoms with E-state index in [1.807, 2.05) is 32.0 Å². The molecule has 0 aromatic heterocycles. The molecule has 0 aliphatic rings. The molecule has 0 aliphatic carbocycles. The van der Waals surface area contributed by atoms with Gasteiger partial charge in [-0.3, -0.25) is 5.14 Å². The molecular formula is C14H21Cl2NOS. The van der Waals surface area contributed by atoms with E-state index in [9.17, 15) is 4.21 Å². The molecular weight excluding hydrogens is 301 g/mol. The van der Waals surface area contributed by atoms with Gasteiger partial charge in [0.15, 0.2) is 0 Å². The molecule has 0 saturated heterocycles. The second kappa shape index (κ2) is 7.07. The molecule has 2 N–H and O–H groups in total. The Bertz CT molecular complexity index is 463. The minimum atomic E-state index is -1.29. The highest BCUT2D eigenvalue weighted by molar-refractivity contribution is 7.84. The number of benzene rings is 1. The van der Waals surface area contributed by atoms with Crippen molar-refractivity contribution in [1.82, 2.24) is 0 Å². The van der Waals surface area contributed by atoms with E-state index in [1.165, 1.54) is 5.56 Å². The van der Waals surface area contributed by atoms with Crippen LogP contribution in [0.15, 0.2) is 18.2 Å². The maximum Gasteiger partial charge on any atom is 0.0945 e. The van der Waals surface area contributed by atoms with E-state index in [0.29, 0.717) is 16.0 Å². The summed E-state index contributed by atoms with van der Waals surface area (Å²) in [6, 6.07) is 5.72. The third-order valence-corrected chi connectivity index (χ3v) is 5.29. The van der Waals surface area contributed by atoms with Crippen molar-refractivity contribution < 1.29 is 4.21 Å². The second-order valence-corrected chi connectivity index (χ2v) is 8.17. The van der Waals surface area contributed by atoms with E-state index in [2.05, 4.69) is 6.92 Å². The van der Waals surface area contributed by atoms with Crippen LogP contribution in [-0.4, -0.2) is 8.96 Å². The molecule has 1 rings (SSSR count). The largest absolute Gasteiger partial charge is 0.251 e. The highest BCUT2D eigenvalue weighted by atomic mass is 35.5. The lowest BCUT2D eigenvalue weighted by molar-refractivity contribution is 0.432. The highest BCUT2D eigenvalue weighted by Crippen LogP contribution is 2.26. The molecule has 0 fully saturated rings. The first kappa shape index (κ1) is 17.0. The Morgan fingerprint density at radius 2 is 1.95 bits per heavy atom. The lowest BCUT2D eigenvalue weighted by atomic mass is 9.92. The van der Waals surface area contributed by atoms with Gasteiger partial charge in [0.05, 0.1) is 25.8 Å². The number of nitrogens with two attached hydrogens (primary N) is 1. The minimum absolute atomic E-state index is 0.336. The van der Waals surface area contributed by atoms with Crippen molar-refractivity contribution >= 4 is 34.2 Å². The van der Waals surface area contributed by atoms with E-state index in [1.54, 1.807) is 0 Å². The van der Waals surface area contributed by atoms with Crippen LogP contribution in [-0.2, 0) is 17.4 Å². The lowest BCUT2D eigenvalue weighted by Gasteiger charge is -2.25. The summed E-state index contributed by atoms with van der Waals surface area (Å²) in [5.74, 6) is 0.456. The molecule has 0 amide bonds. The maximum absolute atomic E-state index is 11.4. The Hall–Kier alpha value is -0.0900. The molecule has 0 heterocycles. The molecule has 1 aromatic carbocycles. The fourth-order valence-corrected chi connectivity index (χ4v) is 2.90. The molecule has 0 bridgehead atoms. The van der Waals surface area contributed by atoms with Crippen LogP contribution in [0, 0.1) is 5.92 Å². The third kappa shape index (κ3) is 5.42. The topological polar surface area (TPSA) is 43.1 Å². The van der Waals surface area contributed by atoms with Crippen molar-refractivity contribution in [3.05, 3.63) is 33.8 Å². The molecule has 1 unspecified atom stereocenters. The molecule has 19 heavy (non-hydrogen) atoms. The van der Waals surface area contributed by atoms with E-state index >= 15 is 0 Å². The quantitative estimate of drug-likeness (QED) is 0.831. The molecule has 0 spiro atoms. The van der Waals surface area contributed by atoms with Crippen LogP contribution in [0.3, 0.4) is 0 Å². The summed E-state index contributed by atoms with van der Waals surface area (Å²) >= 11 is 11.9. The fraction of sp³-hybridized carbons (Fsp3) is 0.571. The van der Waals surface area contributed by atoms with Gasteiger partial charge in [0.2, 0.25) is 0 Å². The summed E-state index contributed by atoms with van der Waals surface area (Å²) < 4.78 is 11.1. The van der Waals surface area contributed by atoms with Crippen molar-refractivity contribution in [3.8, 4) is 0 Å². The van der Waals surface area contributed by atoms with Gasteiger partial charge in [0.25, 0.3) is 0 Å². The Morgan fingerprint density at radius 1 is 1.32 bits per heavy atom. The Labute approximate surface area is 128 Å². The molecule has 0 saturated carbocycles. The van der Waals surface area contributed by atoms with E-state index in [-0.39, 0.29) is 4.75 Å². The van der Waals surface area contributed by atoms with Crippen LogP contribution in [0.1, 0.15) is 39.2 Å². The number of halogens is 2. The molecule has 0 radical (unpaired) electrons.